The summed E-state index contributed by atoms with van der Waals surface area (Å²) in [5, 5.41) is 5.58. The number of aromatic nitrogens is 4. The van der Waals surface area contributed by atoms with Crippen molar-refractivity contribution in [2.75, 3.05) is 0 Å². The average molecular weight is 266 g/mol. The van der Waals surface area contributed by atoms with Crippen molar-refractivity contribution in [1.29, 1.82) is 0 Å². The minimum atomic E-state index is -0.0860. The van der Waals surface area contributed by atoms with Crippen LogP contribution in [0.3, 0.4) is 0 Å². The van der Waals surface area contributed by atoms with E-state index in [9.17, 15) is 0 Å². The maximum atomic E-state index is 4.52. The summed E-state index contributed by atoms with van der Waals surface area (Å²) in [6, 6.07) is 4.05. The highest BCUT2D eigenvalue weighted by molar-refractivity contribution is 5.93. The van der Waals surface area contributed by atoms with E-state index in [2.05, 4.69) is 42.8 Å². The topological polar surface area (TPSA) is 43.6 Å². The van der Waals surface area contributed by atoms with E-state index in [1.165, 1.54) is 5.56 Å². The molecule has 20 heavy (non-hydrogen) atoms. The van der Waals surface area contributed by atoms with Gasteiger partial charge in [-0.15, -0.1) is 0 Å². The lowest BCUT2D eigenvalue weighted by Gasteiger charge is -2.19. The van der Waals surface area contributed by atoms with E-state index < -0.39 is 0 Å². The largest absolute Gasteiger partial charge is 0.264 e. The SMILES string of the molecule is Cc1ccncc1-c1ccnc2c1cnn2C(C)(C)C. The normalized spacial score (nSPS) is 12.0. The second-order valence-corrected chi connectivity index (χ2v) is 6.01. The number of hydrogen-bond donors (Lipinski definition) is 0. The van der Waals surface area contributed by atoms with Crippen LogP contribution in [0.25, 0.3) is 22.2 Å². The van der Waals surface area contributed by atoms with Crippen molar-refractivity contribution in [2.45, 2.75) is 33.2 Å². The minimum absolute atomic E-state index is 0.0860. The zero-order chi connectivity index (χ0) is 14.3. The molecule has 0 N–H and O–H groups in total. The molecule has 0 atom stereocenters. The van der Waals surface area contributed by atoms with Crippen LogP contribution in [0, 0.1) is 6.92 Å². The van der Waals surface area contributed by atoms with Gasteiger partial charge in [-0.1, -0.05) is 0 Å². The van der Waals surface area contributed by atoms with Crippen LogP contribution < -0.4 is 0 Å². The number of hydrogen-bond acceptors (Lipinski definition) is 3. The van der Waals surface area contributed by atoms with Gasteiger partial charge in [-0.05, 0) is 51.0 Å². The lowest BCUT2D eigenvalue weighted by Crippen LogP contribution is -2.23. The van der Waals surface area contributed by atoms with Crippen LogP contribution in [0.2, 0.25) is 0 Å². The lowest BCUT2D eigenvalue weighted by atomic mass is 10.0. The maximum absolute atomic E-state index is 4.52. The van der Waals surface area contributed by atoms with Crippen molar-refractivity contribution in [3.63, 3.8) is 0 Å². The van der Waals surface area contributed by atoms with E-state index in [1.807, 2.05) is 41.6 Å². The van der Waals surface area contributed by atoms with E-state index in [0.717, 1.165) is 22.2 Å². The van der Waals surface area contributed by atoms with Crippen LogP contribution in [0.4, 0.5) is 0 Å². The average Bonchev–Trinajstić information content (AvgIpc) is 2.83. The zero-order valence-corrected chi connectivity index (χ0v) is 12.3. The Hall–Kier alpha value is -2.23. The van der Waals surface area contributed by atoms with E-state index in [1.54, 1.807) is 0 Å². The standard InChI is InChI=1S/C16H18N4/c1-11-5-7-17-9-13(11)12-6-8-18-15-14(12)10-19-20(15)16(2,3)4/h5-10H,1-4H3. The van der Waals surface area contributed by atoms with Gasteiger partial charge in [0.05, 0.1) is 11.7 Å². The van der Waals surface area contributed by atoms with Gasteiger partial charge in [-0.25, -0.2) is 9.67 Å². The van der Waals surface area contributed by atoms with Crippen molar-refractivity contribution >= 4 is 11.0 Å². The van der Waals surface area contributed by atoms with Crippen molar-refractivity contribution in [2.24, 2.45) is 0 Å². The molecule has 0 aromatic carbocycles. The van der Waals surface area contributed by atoms with Gasteiger partial charge in [0.2, 0.25) is 0 Å². The molecule has 4 nitrogen and oxygen atoms in total. The number of rotatable bonds is 1. The van der Waals surface area contributed by atoms with Gasteiger partial charge in [-0.2, -0.15) is 5.10 Å². The molecule has 3 aromatic heterocycles. The quantitative estimate of drug-likeness (QED) is 0.676. The van der Waals surface area contributed by atoms with Gasteiger partial charge in [0.25, 0.3) is 0 Å². The summed E-state index contributed by atoms with van der Waals surface area (Å²) in [6.07, 6.45) is 7.46. The molecule has 0 unspecified atom stereocenters. The first-order valence-electron chi connectivity index (χ1n) is 6.72. The smallest absolute Gasteiger partial charge is 0.158 e. The Balaban J connectivity index is 2.29. The molecule has 3 rings (SSSR count). The Bertz CT molecular complexity index is 765. The molecule has 0 aliphatic carbocycles. The van der Waals surface area contributed by atoms with Crippen molar-refractivity contribution in [1.82, 2.24) is 19.7 Å². The van der Waals surface area contributed by atoms with Crippen molar-refractivity contribution in [3.8, 4) is 11.1 Å². The summed E-state index contributed by atoms with van der Waals surface area (Å²) in [5.74, 6) is 0. The molecule has 4 heteroatoms. The van der Waals surface area contributed by atoms with Gasteiger partial charge < -0.3 is 0 Å². The first kappa shape index (κ1) is 12.8. The number of aryl methyl sites for hydroxylation is 1. The molecule has 102 valence electrons. The van der Waals surface area contributed by atoms with Gasteiger partial charge in [0.15, 0.2) is 5.65 Å². The Kier molecular flexibility index (Phi) is 2.82. The predicted molar refractivity (Wildman–Crippen MR) is 80.5 cm³/mol. The highest BCUT2D eigenvalue weighted by Crippen LogP contribution is 2.30. The Morgan fingerprint density at radius 2 is 1.80 bits per heavy atom. The van der Waals surface area contributed by atoms with Crippen LogP contribution in [0.5, 0.6) is 0 Å². The first-order valence-corrected chi connectivity index (χ1v) is 6.72. The molecule has 0 aliphatic rings. The van der Waals surface area contributed by atoms with Gasteiger partial charge >= 0.3 is 0 Å². The molecular weight excluding hydrogens is 248 g/mol. The molecule has 3 aromatic rings. The highest BCUT2D eigenvalue weighted by Gasteiger charge is 2.19. The molecule has 0 bridgehead atoms. The van der Waals surface area contributed by atoms with Crippen LogP contribution in [0.15, 0.2) is 36.9 Å². The fraction of sp³-hybridized carbons (Fsp3) is 0.312. The summed E-state index contributed by atoms with van der Waals surface area (Å²) in [6.45, 7) is 8.48. The lowest BCUT2D eigenvalue weighted by molar-refractivity contribution is 0.366. The summed E-state index contributed by atoms with van der Waals surface area (Å²) < 4.78 is 1.97. The molecular formula is C16H18N4. The Labute approximate surface area is 118 Å². The fourth-order valence-electron chi connectivity index (χ4n) is 2.40. The summed E-state index contributed by atoms with van der Waals surface area (Å²) >= 11 is 0. The van der Waals surface area contributed by atoms with Gasteiger partial charge in [0, 0.05) is 29.5 Å². The van der Waals surface area contributed by atoms with Crippen LogP contribution in [-0.4, -0.2) is 19.7 Å². The van der Waals surface area contributed by atoms with Crippen molar-refractivity contribution < 1.29 is 0 Å². The molecule has 0 amide bonds. The summed E-state index contributed by atoms with van der Waals surface area (Å²) in [4.78, 5) is 8.74. The number of fused-ring (bicyclic) bond motifs is 1. The van der Waals surface area contributed by atoms with E-state index in [-0.39, 0.29) is 5.54 Å². The molecule has 0 saturated heterocycles. The molecule has 0 fully saturated rings. The predicted octanol–water partition coefficient (Wildman–Crippen LogP) is 3.56. The Morgan fingerprint density at radius 3 is 2.50 bits per heavy atom. The van der Waals surface area contributed by atoms with Crippen LogP contribution >= 0.6 is 0 Å². The first-order chi connectivity index (χ1) is 9.48. The Morgan fingerprint density at radius 1 is 1.00 bits per heavy atom. The monoisotopic (exact) mass is 266 g/mol. The second kappa shape index (κ2) is 4.40. The van der Waals surface area contributed by atoms with E-state index in [4.69, 9.17) is 0 Å². The van der Waals surface area contributed by atoms with Crippen molar-refractivity contribution in [3.05, 3.63) is 42.5 Å². The van der Waals surface area contributed by atoms with Crippen LogP contribution in [-0.2, 0) is 5.54 Å². The molecule has 0 saturated carbocycles. The number of pyridine rings is 2. The van der Waals surface area contributed by atoms with Gasteiger partial charge in [0.1, 0.15) is 0 Å². The summed E-state index contributed by atoms with van der Waals surface area (Å²) in [7, 11) is 0. The van der Waals surface area contributed by atoms with Gasteiger partial charge in [-0.3, -0.25) is 4.98 Å². The second-order valence-electron chi connectivity index (χ2n) is 6.01. The molecule has 0 radical (unpaired) electrons. The third-order valence-corrected chi connectivity index (χ3v) is 3.44. The van der Waals surface area contributed by atoms with E-state index >= 15 is 0 Å². The molecule has 3 heterocycles. The summed E-state index contributed by atoms with van der Waals surface area (Å²) in [5.41, 5.74) is 4.30. The van der Waals surface area contributed by atoms with E-state index in [0.29, 0.717) is 0 Å². The maximum Gasteiger partial charge on any atom is 0.158 e. The third kappa shape index (κ3) is 1.97. The third-order valence-electron chi connectivity index (χ3n) is 3.44. The highest BCUT2D eigenvalue weighted by atomic mass is 15.3. The molecule has 0 spiro atoms. The minimum Gasteiger partial charge on any atom is -0.264 e. The number of nitrogens with zero attached hydrogens (tertiary/aromatic N) is 4. The molecule has 0 aliphatic heterocycles. The zero-order valence-electron chi connectivity index (χ0n) is 12.3. The fourth-order valence-corrected chi connectivity index (χ4v) is 2.40. The van der Waals surface area contributed by atoms with Crippen LogP contribution in [0.1, 0.15) is 26.3 Å².